The van der Waals surface area contributed by atoms with Gasteiger partial charge in [-0.15, -0.1) is 0 Å². The van der Waals surface area contributed by atoms with Crippen molar-refractivity contribution in [2.24, 2.45) is 0 Å². The summed E-state index contributed by atoms with van der Waals surface area (Å²) in [6.45, 7) is 3.69. The zero-order valence-electron chi connectivity index (χ0n) is 17.9. The highest BCUT2D eigenvalue weighted by atomic mass is 19.4. The first-order valence-corrected chi connectivity index (χ1v) is 10.3. The summed E-state index contributed by atoms with van der Waals surface area (Å²) in [5.74, 6) is -0.0352. The van der Waals surface area contributed by atoms with Crippen molar-refractivity contribution >= 4 is 34.0 Å². The van der Waals surface area contributed by atoms with Crippen LogP contribution in [0.15, 0.2) is 73.1 Å². The highest BCUT2D eigenvalue weighted by Crippen LogP contribution is 2.33. The van der Waals surface area contributed by atoms with E-state index in [-0.39, 0.29) is 11.4 Å². The molecule has 0 bridgehead atoms. The molecule has 0 aliphatic heterocycles. The second-order valence-corrected chi connectivity index (χ2v) is 7.72. The van der Waals surface area contributed by atoms with E-state index in [2.05, 4.69) is 20.6 Å². The summed E-state index contributed by atoms with van der Waals surface area (Å²) in [6, 6.07) is 16.2. The average molecular weight is 450 g/mol. The Morgan fingerprint density at radius 1 is 0.970 bits per heavy atom. The number of rotatable bonds is 5. The van der Waals surface area contributed by atoms with Gasteiger partial charge in [0.05, 0.1) is 17.0 Å². The number of alkyl halides is 3. The Morgan fingerprint density at radius 2 is 1.73 bits per heavy atom. The molecule has 8 heteroatoms. The van der Waals surface area contributed by atoms with Crippen molar-refractivity contribution in [2.75, 3.05) is 10.6 Å². The van der Waals surface area contributed by atoms with Gasteiger partial charge in [-0.05, 0) is 61.4 Å². The second kappa shape index (κ2) is 8.90. The van der Waals surface area contributed by atoms with Crippen LogP contribution in [-0.2, 0) is 11.0 Å². The Hall–Kier alpha value is -3.94. The van der Waals surface area contributed by atoms with E-state index in [1.807, 2.05) is 44.2 Å². The minimum Gasteiger partial charge on any atom is -0.355 e. The number of aryl methyl sites for hydroxylation is 1. The van der Waals surface area contributed by atoms with E-state index < -0.39 is 17.7 Å². The molecule has 0 aliphatic carbocycles. The molecule has 1 unspecified atom stereocenters. The number of carbonyl (C=O) groups is 1. The van der Waals surface area contributed by atoms with Gasteiger partial charge >= 0.3 is 6.18 Å². The molecule has 2 heterocycles. The minimum absolute atomic E-state index is 0.168. The molecule has 0 fully saturated rings. The van der Waals surface area contributed by atoms with Crippen LogP contribution >= 0.6 is 0 Å². The lowest BCUT2D eigenvalue weighted by atomic mass is 10.00. The van der Waals surface area contributed by atoms with Gasteiger partial charge < -0.3 is 10.6 Å². The lowest BCUT2D eigenvalue weighted by Crippen LogP contribution is -2.20. The Bertz CT molecular complexity index is 1300. The number of nitrogens with zero attached hydrogens (tertiary/aromatic N) is 2. The van der Waals surface area contributed by atoms with Crippen molar-refractivity contribution < 1.29 is 18.0 Å². The molecule has 4 rings (SSSR count). The van der Waals surface area contributed by atoms with Gasteiger partial charge in [0.15, 0.2) is 0 Å². The van der Waals surface area contributed by atoms with Gasteiger partial charge in [0.1, 0.15) is 5.82 Å². The smallest absolute Gasteiger partial charge is 0.355 e. The fraction of sp³-hybridized carbons (Fsp3) is 0.160. The molecule has 2 aromatic carbocycles. The van der Waals surface area contributed by atoms with E-state index >= 15 is 0 Å². The molecule has 5 nitrogen and oxygen atoms in total. The second-order valence-electron chi connectivity index (χ2n) is 7.72. The number of anilines is 3. The molecule has 0 radical (unpaired) electrons. The molecule has 1 amide bonds. The number of benzene rings is 2. The number of hydrogen-bond acceptors (Lipinski definition) is 4. The number of halogens is 3. The predicted molar refractivity (Wildman–Crippen MR) is 122 cm³/mol. The quantitative estimate of drug-likeness (QED) is 0.367. The molecule has 2 aromatic heterocycles. The van der Waals surface area contributed by atoms with Gasteiger partial charge in [-0.25, -0.2) is 4.98 Å². The normalized spacial score (nSPS) is 12.4. The molecule has 0 saturated heterocycles. The third kappa shape index (κ3) is 4.95. The van der Waals surface area contributed by atoms with Crippen LogP contribution in [0.5, 0.6) is 0 Å². The van der Waals surface area contributed by atoms with E-state index in [0.717, 1.165) is 28.9 Å². The lowest BCUT2D eigenvalue weighted by Gasteiger charge is -2.15. The largest absolute Gasteiger partial charge is 0.416 e. The third-order valence-electron chi connectivity index (χ3n) is 5.40. The van der Waals surface area contributed by atoms with Crippen LogP contribution in [0, 0.1) is 6.92 Å². The number of aromatic nitrogens is 2. The van der Waals surface area contributed by atoms with Crippen LogP contribution in [0.2, 0.25) is 0 Å². The van der Waals surface area contributed by atoms with Gasteiger partial charge in [0, 0.05) is 29.2 Å². The maximum Gasteiger partial charge on any atom is 0.416 e. The number of fused-ring (bicyclic) bond motifs is 1. The summed E-state index contributed by atoms with van der Waals surface area (Å²) in [7, 11) is 0. The molecule has 33 heavy (non-hydrogen) atoms. The summed E-state index contributed by atoms with van der Waals surface area (Å²) in [5, 5.41) is 6.64. The molecular formula is C25H21F3N4O. The number of nitrogens with one attached hydrogen (secondary N) is 2. The van der Waals surface area contributed by atoms with Crippen LogP contribution in [-0.4, -0.2) is 15.9 Å². The molecule has 0 spiro atoms. The number of carbonyl (C=O) groups excluding carboxylic acids is 1. The van der Waals surface area contributed by atoms with Gasteiger partial charge in [0.25, 0.3) is 0 Å². The van der Waals surface area contributed by atoms with Gasteiger partial charge in [-0.1, -0.05) is 24.3 Å². The Balaban J connectivity index is 1.50. The first-order chi connectivity index (χ1) is 15.7. The topological polar surface area (TPSA) is 66.9 Å². The van der Waals surface area contributed by atoms with E-state index in [4.69, 9.17) is 0 Å². The molecule has 2 N–H and O–H groups in total. The standard InChI is InChI=1S/C25H21F3N4O/c1-15-4-3-12-30-23(15)32-24(33)16(2)17-5-8-19(9-6-17)31-21-11-13-29-22-14-18(25(26,27)28)7-10-20(21)22/h3-14,16H,1-2H3,(H,29,31)(H,30,32,33). The predicted octanol–water partition coefficient (Wildman–Crippen LogP) is 6.44. The van der Waals surface area contributed by atoms with Crippen molar-refractivity contribution in [2.45, 2.75) is 25.9 Å². The van der Waals surface area contributed by atoms with E-state index in [1.165, 1.54) is 12.3 Å². The van der Waals surface area contributed by atoms with Gasteiger partial charge in [-0.2, -0.15) is 13.2 Å². The minimum atomic E-state index is -4.42. The summed E-state index contributed by atoms with van der Waals surface area (Å²) < 4.78 is 39.0. The number of hydrogen-bond donors (Lipinski definition) is 2. The van der Waals surface area contributed by atoms with E-state index in [9.17, 15) is 18.0 Å². The van der Waals surface area contributed by atoms with E-state index in [0.29, 0.717) is 16.9 Å². The summed E-state index contributed by atoms with van der Waals surface area (Å²) in [6.07, 6.45) is -1.33. The molecule has 0 saturated carbocycles. The van der Waals surface area contributed by atoms with Crippen LogP contribution in [0.4, 0.5) is 30.4 Å². The lowest BCUT2D eigenvalue weighted by molar-refractivity contribution is -0.137. The Kier molecular flexibility index (Phi) is 6.00. The van der Waals surface area contributed by atoms with Crippen molar-refractivity contribution in [3.8, 4) is 0 Å². The van der Waals surface area contributed by atoms with E-state index in [1.54, 1.807) is 18.3 Å². The maximum absolute atomic E-state index is 13.0. The zero-order valence-corrected chi connectivity index (χ0v) is 17.9. The fourth-order valence-electron chi connectivity index (χ4n) is 3.44. The summed E-state index contributed by atoms with van der Waals surface area (Å²) >= 11 is 0. The molecule has 168 valence electrons. The van der Waals surface area contributed by atoms with Crippen LogP contribution in [0.1, 0.15) is 29.5 Å². The maximum atomic E-state index is 13.0. The molecule has 1 atom stereocenters. The molecule has 4 aromatic rings. The van der Waals surface area contributed by atoms with Crippen molar-refractivity contribution in [1.29, 1.82) is 0 Å². The van der Waals surface area contributed by atoms with Crippen molar-refractivity contribution in [3.05, 3.63) is 89.7 Å². The molecule has 0 aliphatic rings. The average Bonchev–Trinajstić information content (AvgIpc) is 2.80. The van der Waals surface area contributed by atoms with Crippen LogP contribution < -0.4 is 10.6 Å². The van der Waals surface area contributed by atoms with Gasteiger partial charge in [-0.3, -0.25) is 9.78 Å². The van der Waals surface area contributed by atoms with Crippen LogP contribution in [0.25, 0.3) is 10.9 Å². The Morgan fingerprint density at radius 3 is 2.42 bits per heavy atom. The molecular weight excluding hydrogens is 429 g/mol. The summed E-state index contributed by atoms with van der Waals surface area (Å²) in [5.41, 5.74) is 2.58. The van der Waals surface area contributed by atoms with Crippen molar-refractivity contribution in [1.82, 2.24) is 9.97 Å². The highest BCUT2D eigenvalue weighted by molar-refractivity contribution is 5.95. The highest BCUT2D eigenvalue weighted by Gasteiger charge is 2.30. The SMILES string of the molecule is Cc1cccnc1NC(=O)C(C)c1ccc(Nc2ccnc3cc(C(F)(F)F)ccc23)cc1. The third-order valence-corrected chi connectivity index (χ3v) is 5.40. The first kappa shape index (κ1) is 22.3. The summed E-state index contributed by atoms with van der Waals surface area (Å²) in [4.78, 5) is 20.9. The number of amides is 1. The number of pyridine rings is 2. The zero-order chi connectivity index (χ0) is 23.6. The van der Waals surface area contributed by atoms with Gasteiger partial charge in [0.2, 0.25) is 5.91 Å². The van der Waals surface area contributed by atoms with Crippen molar-refractivity contribution in [3.63, 3.8) is 0 Å². The monoisotopic (exact) mass is 450 g/mol. The Labute approximate surface area is 188 Å². The first-order valence-electron chi connectivity index (χ1n) is 10.3. The van der Waals surface area contributed by atoms with Crippen LogP contribution in [0.3, 0.4) is 0 Å². The fourth-order valence-corrected chi connectivity index (χ4v) is 3.44.